The highest BCUT2D eigenvalue weighted by molar-refractivity contribution is 5.23. The summed E-state index contributed by atoms with van der Waals surface area (Å²) in [6.45, 7) is 4.42. The van der Waals surface area contributed by atoms with Crippen molar-refractivity contribution in [2.24, 2.45) is 5.73 Å². The first-order valence-electron chi connectivity index (χ1n) is 8.09. The van der Waals surface area contributed by atoms with Gasteiger partial charge >= 0.3 is 0 Å². The van der Waals surface area contributed by atoms with Crippen LogP contribution in [-0.2, 0) is 12.8 Å². The topological polar surface area (TPSA) is 26.0 Å². The predicted octanol–water partition coefficient (Wildman–Crippen LogP) is 4.87. The molecule has 0 radical (unpaired) electrons. The van der Waals surface area contributed by atoms with Gasteiger partial charge in [0.1, 0.15) is 0 Å². The first kappa shape index (κ1) is 16.2. The molecule has 0 aromatic heterocycles. The fourth-order valence-corrected chi connectivity index (χ4v) is 2.40. The fourth-order valence-electron chi connectivity index (χ4n) is 2.40. The monoisotopic (exact) mass is 261 g/mol. The zero-order chi connectivity index (χ0) is 13.9. The third-order valence-corrected chi connectivity index (χ3v) is 3.86. The lowest BCUT2D eigenvalue weighted by Crippen LogP contribution is -2.21. The Labute approximate surface area is 119 Å². The Morgan fingerprint density at radius 2 is 1.42 bits per heavy atom. The third kappa shape index (κ3) is 7.37. The van der Waals surface area contributed by atoms with Gasteiger partial charge < -0.3 is 5.73 Å². The molecule has 108 valence electrons. The van der Waals surface area contributed by atoms with Crippen molar-refractivity contribution in [1.82, 2.24) is 0 Å². The highest BCUT2D eigenvalue weighted by atomic mass is 14.6. The van der Waals surface area contributed by atoms with E-state index in [4.69, 9.17) is 5.73 Å². The molecular formula is C18H31N. The van der Waals surface area contributed by atoms with Crippen molar-refractivity contribution in [3.8, 4) is 0 Å². The minimum Gasteiger partial charge on any atom is -0.327 e. The van der Waals surface area contributed by atoms with Gasteiger partial charge in [-0.25, -0.2) is 0 Å². The summed E-state index contributed by atoms with van der Waals surface area (Å²) >= 11 is 0. The van der Waals surface area contributed by atoms with Gasteiger partial charge in [-0.15, -0.1) is 0 Å². The smallest absolute Gasteiger partial charge is 0.00766 e. The van der Waals surface area contributed by atoms with E-state index in [0.717, 1.165) is 12.8 Å². The van der Waals surface area contributed by atoms with Gasteiger partial charge in [-0.3, -0.25) is 0 Å². The van der Waals surface area contributed by atoms with Crippen LogP contribution in [0, 0.1) is 0 Å². The van der Waals surface area contributed by atoms with Gasteiger partial charge in [0.15, 0.2) is 0 Å². The summed E-state index contributed by atoms with van der Waals surface area (Å²) in [6.07, 6.45) is 11.5. The molecule has 1 heteroatoms. The van der Waals surface area contributed by atoms with Crippen molar-refractivity contribution in [3.63, 3.8) is 0 Å². The van der Waals surface area contributed by atoms with E-state index in [1.165, 1.54) is 56.1 Å². The second-order valence-corrected chi connectivity index (χ2v) is 5.71. The van der Waals surface area contributed by atoms with E-state index in [2.05, 4.69) is 38.1 Å². The standard InChI is InChI=1S/C18H31N/c1-3-5-6-7-8-9-10-16-11-13-17(14-12-16)15-18(19)4-2/h11-14,18H,3-10,15,19H2,1-2H3. The average molecular weight is 261 g/mol. The Morgan fingerprint density at radius 1 is 0.842 bits per heavy atom. The minimum atomic E-state index is 0.310. The van der Waals surface area contributed by atoms with Crippen LogP contribution in [0.1, 0.15) is 69.9 Å². The normalized spacial score (nSPS) is 12.6. The first-order chi connectivity index (χ1) is 9.26. The lowest BCUT2D eigenvalue weighted by molar-refractivity contribution is 0.607. The van der Waals surface area contributed by atoms with Gasteiger partial charge in [0, 0.05) is 6.04 Å². The number of benzene rings is 1. The van der Waals surface area contributed by atoms with E-state index in [1.807, 2.05) is 0 Å². The van der Waals surface area contributed by atoms with E-state index >= 15 is 0 Å². The molecule has 0 bridgehead atoms. The molecule has 1 nitrogen and oxygen atoms in total. The second kappa shape index (κ2) is 10.0. The summed E-state index contributed by atoms with van der Waals surface area (Å²) in [5.74, 6) is 0. The van der Waals surface area contributed by atoms with Gasteiger partial charge in [0.05, 0.1) is 0 Å². The van der Waals surface area contributed by atoms with E-state index < -0.39 is 0 Å². The Balaban J connectivity index is 2.21. The van der Waals surface area contributed by atoms with Crippen molar-refractivity contribution in [2.45, 2.75) is 77.7 Å². The van der Waals surface area contributed by atoms with Gasteiger partial charge in [-0.2, -0.15) is 0 Å². The van der Waals surface area contributed by atoms with Crippen LogP contribution in [0.3, 0.4) is 0 Å². The van der Waals surface area contributed by atoms with Gasteiger partial charge in [-0.05, 0) is 36.8 Å². The summed E-state index contributed by atoms with van der Waals surface area (Å²) in [5, 5.41) is 0. The maximum absolute atomic E-state index is 5.98. The maximum Gasteiger partial charge on any atom is 0.00766 e. The van der Waals surface area contributed by atoms with E-state index in [9.17, 15) is 0 Å². The number of nitrogens with two attached hydrogens (primary N) is 1. The van der Waals surface area contributed by atoms with Crippen LogP contribution in [0.4, 0.5) is 0 Å². The molecule has 1 rings (SSSR count). The molecule has 0 aliphatic rings. The number of hydrogen-bond donors (Lipinski definition) is 1. The molecule has 1 aromatic carbocycles. The number of aryl methyl sites for hydroxylation is 1. The van der Waals surface area contributed by atoms with Gasteiger partial charge in [-0.1, -0.05) is 70.2 Å². The average Bonchev–Trinajstić information content (AvgIpc) is 2.44. The molecule has 19 heavy (non-hydrogen) atoms. The van der Waals surface area contributed by atoms with Crippen molar-refractivity contribution in [1.29, 1.82) is 0 Å². The molecule has 0 saturated heterocycles. The fraction of sp³-hybridized carbons (Fsp3) is 0.667. The largest absolute Gasteiger partial charge is 0.327 e. The lowest BCUT2D eigenvalue weighted by atomic mass is 10.0. The zero-order valence-electron chi connectivity index (χ0n) is 12.8. The molecule has 2 N–H and O–H groups in total. The molecular weight excluding hydrogens is 230 g/mol. The predicted molar refractivity (Wildman–Crippen MR) is 85.5 cm³/mol. The minimum absolute atomic E-state index is 0.310. The Bertz CT molecular complexity index is 315. The summed E-state index contributed by atoms with van der Waals surface area (Å²) in [4.78, 5) is 0. The molecule has 0 fully saturated rings. The molecule has 0 aliphatic heterocycles. The van der Waals surface area contributed by atoms with Crippen LogP contribution in [0.5, 0.6) is 0 Å². The molecule has 0 aliphatic carbocycles. The van der Waals surface area contributed by atoms with Crippen molar-refractivity contribution < 1.29 is 0 Å². The van der Waals surface area contributed by atoms with Gasteiger partial charge in [0.2, 0.25) is 0 Å². The third-order valence-electron chi connectivity index (χ3n) is 3.86. The zero-order valence-corrected chi connectivity index (χ0v) is 12.8. The molecule has 1 unspecified atom stereocenters. The summed E-state index contributed by atoms with van der Waals surface area (Å²) in [5.41, 5.74) is 8.83. The first-order valence-corrected chi connectivity index (χ1v) is 8.09. The summed E-state index contributed by atoms with van der Waals surface area (Å²) in [6, 6.07) is 9.38. The summed E-state index contributed by atoms with van der Waals surface area (Å²) < 4.78 is 0. The lowest BCUT2D eigenvalue weighted by Gasteiger charge is -2.09. The van der Waals surface area contributed by atoms with Crippen LogP contribution in [0.15, 0.2) is 24.3 Å². The molecule has 0 spiro atoms. The van der Waals surface area contributed by atoms with Crippen LogP contribution in [0.25, 0.3) is 0 Å². The highest BCUT2D eigenvalue weighted by Gasteiger charge is 2.01. The van der Waals surface area contributed by atoms with Crippen LogP contribution in [-0.4, -0.2) is 6.04 Å². The Kier molecular flexibility index (Phi) is 8.57. The van der Waals surface area contributed by atoms with Crippen molar-refractivity contribution in [2.75, 3.05) is 0 Å². The SMILES string of the molecule is CCCCCCCCc1ccc(CC(N)CC)cc1. The molecule has 0 heterocycles. The quantitative estimate of drug-likeness (QED) is 0.597. The van der Waals surface area contributed by atoms with Gasteiger partial charge in [0.25, 0.3) is 0 Å². The summed E-state index contributed by atoms with van der Waals surface area (Å²) in [7, 11) is 0. The van der Waals surface area contributed by atoms with Crippen molar-refractivity contribution in [3.05, 3.63) is 35.4 Å². The van der Waals surface area contributed by atoms with E-state index in [0.29, 0.717) is 6.04 Å². The number of rotatable bonds is 10. The van der Waals surface area contributed by atoms with E-state index in [1.54, 1.807) is 0 Å². The van der Waals surface area contributed by atoms with Crippen LogP contribution >= 0.6 is 0 Å². The van der Waals surface area contributed by atoms with Crippen LogP contribution < -0.4 is 5.73 Å². The Morgan fingerprint density at radius 3 is 2.05 bits per heavy atom. The Hall–Kier alpha value is -0.820. The highest BCUT2D eigenvalue weighted by Crippen LogP contribution is 2.12. The van der Waals surface area contributed by atoms with Crippen LogP contribution in [0.2, 0.25) is 0 Å². The molecule has 1 aromatic rings. The maximum atomic E-state index is 5.98. The number of hydrogen-bond acceptors (Lipinski definition) is 1. The molecule has 0 saturated carbocycles. The van der Waals surface area contributed by atoms with Crippen molar-refractivity contribution >= 4 is 0 Å². The number of unbranched alkanes of at least 4 members (excludes halogenated alkanes) is 5. The van der Waals surface area contributed by atoms with E-state index in [-0.39, 0.29) is 0 Å². The molecule has 1 atom stereocenters. The second-order valence-electron chi connectivity index (χ2n) is 5.71. The molecule has 0 amide bonds.